The molecule has 0 bridgehead atoms. The number of aryl methyl sites for hydroxylation is 1. The zero-order valence-electron chi connectivity index (χ0n) is 16.3. The first-order chi connectivity index (χ1) is 13.2. The molecule has 1 aliphatic carbocycles. The Kier molecular flexibility index (Phi) is 5.69. The lowest BCUT2D eigenvalue weighted by Gasteiger charge is -2.21. The average Bonchev–Trinajstić information content (AvgIpc) is 3.03. The Morgan fingerprint density at radius 3 is 2.78 bits per heavy atom. The maximum absolute atomic E-state index is 12.7. The van der Waals surface area contributed by atoms with Crippen molar-refractivity contribution in [1.29, 1.82) is 0 Å². The minimum atomic E-state index is 0.0584. The van der Waals surface area contributed by atoms with E-state index in [1.54, 1.807) is 0 Å². The molecular weight excluding hydrogens is 336 g/mol. The predicted molar refractivity (Wildman–Crippen MR) is 109 cm³/mol. The van der Waals surface area contributed by atoms with E-state index in [4.69, 9.17) is 4.98 Å². The van der Waals surface area contributed by atoms with Crippen molar-refractivity contribution < 1.29 is 0 Å². The summed E-state index contributed by atoms with van der Waals surface area (Å²) in [5.41, 5.74) is 4.29. The topological polar surface area (TPSA) is 52.2 Å². The molecule has 5 nitrogen and oxygen atoms in total. The summed E-state index contributed by atoms with van der Waals surface area (Å²) in [4.78, 5) is 25.6. The van der Waals surface area contributed by atoms with Gasteiger partial charge in [0, 0.05) is 30.8 Å². The van der Waals surface area contributed by atoms with Gasteiger partial charge in [-0.1, -0.05) is 30.7 Å². The molecule has 1 aromatic carbocycles. The van der Waals surface area contributed by atoms with E-state index in [0.29, 0.717) is 0 Å². The second-order valence-corrected chi connectivity index (χ2v) is 7.99. The molecule has 1 aliphatic heterocycles. The van der Waals surface area contributed by atoms with Crippen LogP contribution in [0.2, 0.25) is 0 Å². The summed E-state index contributed by atoms with van der Waals surface area (Å²) >= 11 is 0. The lowest BCUT2D eigenvalue weighted by Crippen LogP contribution is -2.28. The monoisotopic (exact) mass is 366 g/mol. The van der Waals surface area contributed by atoms with Gasteiger partial charge < -0.3 is 9.88 Å². The van der Waals surface area contributed by atoms with Gasteiger partial charge in [0.15, 0.2) is 0 Å². The lowest BCUT2D eigenvalue weighted by atomic mass is 10.0. The number of aromatic amines is 1. The van der Waals surface area contributed by atoms with Crippen molar-refractivity contribution >= 4 is 0 Å². The highest BCUT2D eigenvalue weighted by atomic mass is 16.1. The quantitative estimate of drug-likeness (QED) is 0.849. The molecule has 2 aromatic rings. The number of nitrogens with zero attached hydrogens (tertiary/aromatic N) is 3. The van der Waals surface area contributed by atoms with Crippen molar-refractivity contribution in [1.82, 2.24) is 19.8 Å². The second kappa shape index (κ2) is 8.36. The Labute approximate surface area is 161 Å². The second-order valence-electron chi connectivity index (χ2n) is 7.99. The molecule has 2 heterocycles. The zero-order chi connectivity index (χ0) is 18.6. The molecular formula is C22H30N4O. The fourth-order valence-corrected chi connectivity index (χ4v) is 4.30. The van der Waals surface area contributed by atoms with Crippen LogP contribution in [0.15, 0.2) is 29.1 Å². The Hall–Kier alpha value is -1.98. The summed E-state index contributed by atoms with van der Waals surface area (Å²) in [6.45, 7) is 5.38. The predicted octanol–water partition coefficient (Wildman–Crippen LogP) is 2.84. The molecule has 144 valence electrons. The number of hydrogen-bond donors (Lipinski definition) is 1. The van der Waals surface area contributed by atoms with Gasteiger partial charge in [0.05, 0.1) is 5.69 Å². The van der Waals surface area contributed by atoms with Crippen LogP contribution in [-0.2, 0) is 19.4 Å². The van der Waals surface area contributed by atoms with Crippen molar-refractivity contribution in [3.63, 3.8) is 0 Å². The van der Waals surface area contributed by atoms with E-state index < -0.39 is 0 Å². The molecule has 4 rings (SSSR count). The van der Waals surface area contributed by atoms with Gasteiger partial charge in [-0.05, 0) is 57.8 Å². The first-order valence-electron chi connectivity index (χ1n) is 10.3. The van der Waals surface area contributed by atoms with E-state index in [2.05, 4.69) is 40.0 Å². The maximum Gasteiger partial charge on any atom is 0.254 e. The number of rotatable bonds is 3. The largest absolute Gasteiger partial charge is 0.306 e. The van der Waals surface area contributed by atoms with E-state index in [1.807, 2.05) is 6.07 Å². The molecule has 1 fully saturated rings. The van der Waals surface area contributed by atoms with Gasteiger partial charge in [0.25, 0.3) is 5.56 Å². The molecule has 0 spiro atoms. The highest BCUT2D eigenvalue weighted by molar-refractivity contribution is 5.60. The van der Waals surface area contributed by atoms with Crippen molar-refractivity contribution in [2.45, 2.75) is 45.1 Å². The minimum Gasteiger partial charge on any atom is -0.306 e. The van der Waals surface area contributed by atoms with E-state index in [9.17, 15) is 4.79 Å². The van der Waals surface area contributed by atoms with Crippen LogP contribution in [-0.4, -0.2) is 53.0 Å². The maximum atomic E-state index is 12.7. The molecule has 1 saturated heterocycles. The average molecular weight is 367 g/mol. The van der Waals surface area contributed by atoms with Gasteiger partial charge in [0.1, 0.15) is 5.82 Å². The fraction of sp³-hybridized carbons (Fsp3) is 0.545. The van der Waals surface area contributed by atoms with E-state index in [1.165, 1.54) is 18.4 Å². The third-order valence-electron chi connectivity index (χ3n) is 5.92. The number of nitrogens with one attached hydrogen (secondary N) is 1. The summed E-state index contributed by atoms with van der Waals surface area (Å²) in [6.07, 6.45) is 6.40. The van der Waals surface area contributed by atoms with Gasteiger partial charge in [-0.25, -0.2) is 4.98 Å². The highest BCUT2D eigenvalue weighted by Crippen LogP contribution is 2.24. The highest BCUT2D eigenvalue weighted by Gasteiger charge is 2.18. The SMILES string of the molecule is CN1CCCN(Cc2ccccc2-c2nc3c(c(=O)[nH]2)CCCCC3)CC1. The number of H-pyrrole nitrogens is 1. The number of aromatic nitrogens is 2. The van der Waals surface area contributed by atoms with Crippen molar-refractivity contribution in [2.75, 3.05) is 33.2 Å². The van der Waals surface area contributed by atoms with Crippen molar-refractivity contribution in [2.24, 2.45) is 0 Å². The van der Waals surface area contributed by atoms with Crippen LogP contribution in [0, 0.1) is 0 Å². The molecule has 1 N–H and O–H groups in total. The van der Waals surface area contributed by atoms with Gasteiger partial charge >= 0.3 is 0 Å². The number of hydrogen-bond acceptors (Lipinski definition) is 4. The first-order valence-corrected chi connectivity index (χ1v) is 10.3. The Morgan fingerprint density at radius 1 is 1.00 bits per heavy atom. The molecule has 0 unspecified atom stereocenters. The molecule has 27 heavy (non-hydrogen) atoms. The molecule has 5 heteroatoms. The fourth-order valence-electron chi connectivity index (χ4n) is 4.30. The molecule has 0 radical (unpaired) electrons. The van der Waals surface area contributed by atoms with Crippen molar-refractivity contribution in [3.8, 4) is 11.4 Å². The summed E-state index contributed by atoms with van der Waals surface area (Å²) in [6, 6.07) is 8.40. The Bertz CT molecular complexity index is 844. The number of benzene rings is 1. The smallest absolute Gasteiger partial charge is 0.254 e. The van der Waals surface area contributed by atoms with Gasteiger partial charge in [-0.3, -0.25) is 9.69 Å². The molecule has 0 saturated carbocycles. The molecule has 0 amide bonds. The summed E-state index contributed by atoms with van der Waals surface area (Å²) in [5, 5.41) is 0. The normalized spacial score (nSPS) is 19.3. The van der Waals surface area contributed by atoms with Gasteiger partial charge in [-0.2, -0.15) is 0 Å². The van der Waals surface area contributed by atoms with Crippen molar-refractivity contribution in [3.05, 3.63) is 51.4 Å². The van der Waals surface area contributed by atoms with Crippen LogP contribution >= 0.6 is 0 Å². The third-order valence-corrected chi connectivity index (χ3v) is 5.92. The third kappa shape index (κ3) is 4.30. The Morgan fingerprint density at radius 2 is 1.85 bits per heavy atom. The van der Waals surface area contributed by atoms with Crippen LogP contribution < -0.4 is 5.56 Å². The van der Waals surface area contributed by atoms with Crippen LogP contribution in [0.25, 0.3) is 11.4 Å². The van der Waals surface area contributed by atoms with Gasteiger partial charge in [-0.15, -0.1) is 0 Å². The number of fused-ring (bicyclic) bond motifs is 1. The molecule has 1 aromatic heterocycles. The standard InChI is InChI=1S/C22H30N4O/c1-25-12-7-13-26(15-14-25)16-17-8-5-6-9-18(17)21-23-20-11-4-2-3-10-19(20)22(27)24-21/h5-6,8-9H,2-4,7,10-16H2,1H3,(H,23,24,27). The van der Waals surface area contributed by atoms with Crippen LogP contribution in [0.1, 0.15) is 42.5 Å². The zero-order valence-corrected chi connectivity index (χ0v) is 16.3. The molecule has 0 atom stereocenters. The minimum absolute atomic E-state index is 0.0584. The van der Waals surface area contributed by atoms with Crippen LogP contribution in [0.4, 0.5) is 0 Å². The first kappa shape index (κ1) is 18.4. The van der Waals surface area contributed by atoms with Crippen LogP contribution in [0.3, 0.4) is 0 Å². The molecule has 2 aliphatic rings. The summed E-state index contributed by atoms with van der Waals surface area (Å²) in [5.74, 6) is 0.739. The lowest BCUT2D eigenvalue weighted by molar-refractivity contribution is 0.269. The van der Waals surface area contributed by atoms with E-state index in [0.717, 1.165) is 81.1 Å². The number of likely N-dealkylation sites (N-methyl/N-ethyl adjacent to an activating group) is 1. The van der Waals surface area contributed by atoms with Gasteiger partial charge in [0.2, 0.25) is 0 Å². The Balaban J connectivity index is 1.64. The van der Waals surface area contributed by atoms with E-state index in [-0.39, 0.29) is 5.56 Å². The summed E-state index contributed by atoms with van der Waals surface area (Å²) in [7, 11) is 2.20. The van der Waals surface area contributed by atoms with E-state index >= 15 is 0 Å². The summed E-state index contributed by atoms with van der Waals surface area (Å²) < 4.78 is 0. The van der Waals surface area contributed by atoms with Crippen LogP contribution in [0.5, 0.6) is 0 Å².